The fraction of sp³-hybridized carbons (Fsp3) is 0.0769. The number of carbonyl (C=O) groups is 2. The van der Waals surface area contributed by atoms with Crippen molar-refractivity contribution in [1.82, 2.24) is 9.55 Å². The van der Waals surface area contributed by atoms with Crippen LogP contribution in [0.1, 0.15) is 16.2 Å². The molecule has 1 aromatic carbocycles. The Balaban J connectivity index is 2.35. The molecule has 3 rings (SSSR count). The first-order valence-corrected chi connectivity index (χ1v) is 5.79. The quantitative estimate of drug-likeness (QED) is 0.798. The molecule has 1 aromatic heterocycles. The summed E-state index contributed by atoms with van der Waals surface area (Å²) < 4.78 is 1.23. The molecule has 0 unspecified atom stereocenters. The zero-order valence-electron chi connectivity index (χ0n) is 10.2. The van der Waals surface area contributed by atoms with E-state index < -0.39 is 17.1 Å². The van der Waals surface area contributed by atoms with Crippen LogP contribution in [0.2, 0.25) is 0 Å². The summed E-state index contributed by atoms with van der Waals surface area (Å²) in [5, 5.41) is 8.99. The van der Waals surface area contributed by atoms with Crippen LogP contribution in [-0.4, -0.2) is 27.0 Å². The number of nitrogens with zero attached hydrogens (tertiary/aromatic N) is 3. The molecule has 0 saturated carbocycles. The second-order valence-corrected chi connectivity index (χ2v) is 4.26. The number of rotatable bonds is 2. The SMILES string of the molecule is O=CN1Cc2ncc(C(=O)O)c(=O)n2-c2ccccc21. The lowest BCUT2D eigenvalue weighted by Crippen LogP contribution is -2.37. The number of carboxylic acid groups (broad SMARTS) is 1. The number of para-hydroxylation sites is 2. The van der Waals surface area contributed by atoms with Crippen molar-refractivity contribution >= 4 is 18.1 Å². The van der Waals surface area contributed by atoms with E-state index in [4.69, 9.17) is 5.11 Å². The van der Waals surface area contributed by atoms with E-state index in [2.05, 4.69) is 4.98 Å². The summed E-state index contributed by atoms with van der Waals surface area (Å²) in [6.45, 7) is 0.121. The molecule has 1 aliphatic heterocycles. The Morgan fingerprint density at radius 2 is 2.00 bits per heavy atom. The van der Waals surface area contributed by atoms with Gasteiger partial charge in [-0.05, 0) is 12.1 Å². The second-order valence-electron chi connectivity index (χ2n) is 4.26. The van der Waals surface area contributed by atoms with E-state index in [-0.39, 0.29) is 6.54 Å². The zero-order valence-corrected chi connectivity index (χ0v) is 10.2. The molecular formula is C13H9N3O4. The molecule has 0 spiro atoms. The Morgan fingerprint density at radius 1 is 1.30 bits per heavy atom. The number of aromatic nitrogens is 2. The van der Waals surface area contributed by atoms with E-state index in [0.29, 0.717) is 23.6 Å². The molecule has 0 atom stereocenters. The molecule has 1 aliphatic rings. The van der Waals surface area contributed by atoms with Gasteiger partial charge in [-0.25, -0.2) is 9.78 Å². The standard InChI is InChI=1S/C13H9N3O4/c17-7-15-6-11-14-5-8(13(19)20)12(18)16(11)10-4-2-1-3-9(10)15/h1-5,7H,6H2,(H,19,20). The minimum atomic E-state index is -1.33. The highest BCUT2D eigenvalue weighted by molar-refractivity contribution is 5.87. The number of amides is 1. The lowest BCUT2D eigenvalue weighted by atomic mass is 10.2. The topological polar surface area (TPSA) is 92.5 Å². The van der Waals surface area contributed by atoms with Crippen LogP contribution in [0.3, 0.4) is 0 Å². The Hall–Kier alpha value is -2.96. The predicted octanol–water partition coefficient (Wildman–Crippen LogP) is 0.407. The number of benzene rings is 1. The molecule has 0 saturated heterocycles. The zero-order chi connectivity index (χ0) is 14.3. The van der Waals surface area contributed by atoms with Gasteiger partial charge in [-0.3, -0.25) is 14.2 Å². The number of hydrogen-bond donors (Lipinski definition) is 1. The van der Waals surface area contributed by atoms with Gasteiger partial charge in [0.2, 0.25) is 6.41 Å². The molecule has 0 bridgehead atoms. The predicted molar refractivity (Wildman–Crippen MR) is 69.0 cm³/mol. The molecule has 2 heterocycles. The largest absolute Gasteiger partial charge is 0.477 e. The molecule has 2 aromatic rings. The van der Waals surface area contributed by atoms with Crippen LogP contribution < -0.4 is 10.5 Å². The average molecular weight is 271 g/mol. The monoisotopic (exact) mass is 271 g/mol. The van der Waals surface area contributed by atoms with Crippen molar-refractivity contribution < 1.29 is 14.7 Å². The summed E-state index contributed by atoms with van der Waals surface area (Å²) >= 11 is 0. The lowest BCUT2D eigenvalue weighted by Gasteiger charge is -2.28. The summed E-state index contributed by atoms with van der Waals surface area (Å²) in [5.41, 5.74) is -0.0634. The summed E-state index contributed by atoms with van der Waals surface area (Å²) in [6, 6.07) is 6.77. The summed E-state index contributed by atoms with van der Waals surface area (Å²) in [6.07, 6.45) is 1.67. The first-order valence-electron chi connectivity index (χ1n) is 5.79. The van der Waals surface area contributed by atoms with Gasteiger partial charge in [-0.15, -0.1) is 0 Å². The summed E-state index contributed by atoms with van der Waals surface area (Å²) in [7, 11) is 0. The minimum absolute atomic E-state index is 0.121. The van der Waals surface area contributed by atoms with Gasteiger partial charge in [0.25, 0.3) is 5.56 Å². The summed E-state index contributed by atoms with van der Waals surface area (Å²) in [5.74, 6) is -1.00. The molecule has 7 nitrogen and oxygen atoms in total. The van der Waals surface area contributed by atoms with E-state index in [1.807, 2.05) is 0 Å². The number of carbonyl (C=O) groups excluding carboxylic acids is 1. The van der Waals surface area contributed by atoms with Gasteiger partial charge >= 0.3 is 5.97 Å². The molecule has 0 aliphatic carbocycles. The first-order chi connectivity index (χ1) is 9.63. The van der Waals surface area contributed by atoms with E-state index in [1.54, 1.807) is 24.3 Å². The fourth-order valence-electron chi connectivity index (χ4n) is 2.22. The molecule has 0 fully saturated rings. The second kappa shape index (κ2) is 4.30. The van der Waals surface area contributed by atoms with E-state index in [0.717, 1.165) is 6.20 Å². The third-order valence-corrected chi connectivity index (χ3v) is 3.14. The number of anilines is 1. The van der Waals surface area contributed by atoms with Gasteiger partial charge in [0, 0.05) is 6.20 Å². The van der Waals surface area contributed by atoms with Crippen molar-refractivity contribution in [1.29, 1.82) is 0 Å². The number of fused-ring (bicyclic) bond motifs is 3. The van der Waals surface area contributed by atoms with Gasteiger partial charge in [0.1, 0.15) is 11.4 Å². The van der Waals surface area contributed by atoms with Crippen molar-refractivity contribution in [2.24, 2.45) is 0 Å². The Kier molecular flexibility index (Phi) is 2.60. The molecule has 20 heavy (non-hydrogen) atoms. The highest BCUT2D eigenvalue weighted by Crippen LogP contribution is 2.28. The molecule has 1 N–H and O–H groups in total. The van der Waals surface area contributed by atoms with Crippen LogP contribution in [0, 0.1) is 0 Å². The van der Waals surface area contributed by atoms with Gasteiger partial charge in [-0.1, -0.05) is 12.1 Å². The van der Waals surface area contributed by atoms with Gasteiger partial charge < -0.3 is 10.0 Å². The van der Waals surface area contributed by atoms with Crippen LogP contribution in [0.4, 0.5) is 5.69 Å². The van der Waals surface area contributed by atoms with Crippen molar-refractivity contribution in [2.45, 2.75) is 6.54 Å². The number of carboxylic acids is 1. The maximum Gasteiger partial charge on any atom is 0.342 e. The van der Waals surface area contributed by atoms with Crippen molar-refractivity contribution in [2.75, 3.05) is 4.90 Å². The van der Waals surface area contributed by atoms with E-state index >= 15 is 0 Å². The van der Waals surface area contributed by atoms with Gasteiger partial charge in [-0.2, -0.15) is 0 Å². The number of hydrogen-bond acceptors (Lipinski definition) is 4. The van der Waals surface area contributed by atoms with Crippen LogP contribution in [0.25, 0.3) is 5.69 Å². The molecule has 0 radical (unpaired) electrons. The lowest BCUT2D eigenvalue weighted by molar-refractivity contribution is -0.107. The molecular weight excluding hydrogens is 262 g/mol. The van der Waals surface area contributed by atoms with Crippen molar-refractivity contribution in [3.05, 3.63) is 52.2 Å². The Labute approximate surface area is 112 Å². The smallest absolute Gasteiger partial charge is 0.342 e. The molecule has 7 heteroatoms. The van der Waals surface area contributed by atoms with Gasteiger partial charge in [0.15, 0.2) is 0 Å². The summed E-state index contributed by atoms with van der Waals surface area (Å²) in [4.78, 5) is 39.8. The maximum absolute atomic E-state index is 12.2. The minimum Gasteiger partial charge on any atom is -0.477 e. The maximum atomic E-state index is 12.2. The van der Waals surface area contributed by atoms with Crippen molar-refractivity contribution in [3.63, 3.8) is 0 Å². The highest BCUT2D eigenvalue weighted by atomic mass is 16.4. The highest BCUT2D eigenvalue weighted by Gasteiger charge is 2.25. The van der Waals surface area contributed by atoms with Crippen LogP contribution in [-0.2, 0) is 11.3 Å². The fourth-order valence-corrected chi connectivity index (χ4v) is 2.22. The Morgan fingerprint density at radius 3 is 2.65 bits per heavy atom. The molecule has 100 valence electrons. The third kappa shape index (κ3) is 1.60. The normalized spacial score (nSPS) is 12.5. The third-order valence-electron chi connectivity index (χ3n) is 3.14. The van der Waals surface area contributed by atoms with Crippen LogP contribution in [0.5, 0.6) is 0 Å². The first kappa shape index (κ1) is 12.1. The average Bonchev–Trinajstić information content (AvgIpc) is 2.46. The van der Waals surface area contributed by atoms with Crippen molar-refractivity contribution in [3.8, 4) is 5.69 Å². The van der Waals surface area contributed by atoms with E-state index in [1.165, 1.54) is 9.47 Å². The van der Waals surface area contributed by atoms with E-state index in [9.17, 15) is 14.4 Å². The van der Waals surface area contributed by atoms with Crippen LogP contribution in [0.15, 0.2) is 35.3 Å². The number of aromatic carboxylic acids is 1. The van der Waals surface area contributed by atoms with Crippen LogP contribution >= 0.6 is 0 Å². The van der Waals surface area contributed by atoms with Gasteiger partial charge in [0.05, 0.1) is 17.9 Å². The molecule has 1 amide bonds. The Bertz CT molecular complexity index is 781.